The molecule has 0 aliphatic rings. The van der Waals surface area contributed by atoms with Gasteiger partial charge < -0.3 is 5.32 Å². The highest BCUT2D eigenvalue weighted by molar-refractivity contribution is 9.09. The molecule has 4 heteroatoms. The maximum atomic E-state index is 11.9. The summed E-state index contributed by atoms with van der Waals surface area (Å²) in [5, 5.41) is 3.97. The lowest BCUT2D eigenvalue weighted by Gasteiger charge is -2.29. The zero-order valence-electron chi connectivity index (χ0n) is 10.7. The number of aryl methyl sites for hydroxylation is 1. The van der Waals surface area contributed by atoms with Gasteiger partial charge >= 0.3 is 0 Å². The first kappa shape index (κ1) is 14.7. The van der Waals surface area contributed by atoms with Crippen LogP contribution in [0.15, 0.2) is 12.1 Å². The first-order chi connectivity index (χ1) is 8.06. The van der Waals surface area contributed by atoms with Gasteiger partial charge in [-0.3, -0.25) is 4.79 Å². The molecule has 0 unspecified atom stereocenters. The normalized spacial score (nSPS) is 11.5. The van der Waals surface area contributed by atoms with Crippen LogP contribution in [-0.2, 0) is 0 Å². The molecule has 0 aromatic carbocycles. The SMILES string of the molecule is CCC(CC)(CBr)CNC(=O)c1ccc(C)s1. The maximum absolute atomic E-state index is 11.9. The van der Waals surface area contributed by atoms with Crippen molar-refractivity contribution >= 4 is 33.2 Å². The lowest BCUT2D eigenvalue weighted by Crippen LogP contribution is -2.37. The molecule has 0 saturated heterocycles. The first-order valence-corrected chi connectivity index (χ1v) is 7.91. The van der Waals surface area contributed by atoms with Gasteiger partial charge in [0.15, 0.2) is 0 Å². The molecule has 0 aliphatic heterocycles. The van der Waals surface area contributed by atoms with Crippen LogP contribution in [-0.4, -0.2) is 17.8 Å². The van der Waals surface area contributed by atoms with Crippen molar-refractivity contribution in [2.75, 3.05) is 11.9 Å². The molecule has 1 aromatic rings. The Morgan fingerprint density at radius 3 is 2.47 bits per heavy atom. The van der Waals surface area contributed by atoms with Crippen LogP contribution < -0.4 is 5.32 Å². The Morgan fingerprint density at radius 2 is 2.06 bits per heavy atom. The molecule has 1 aromatic heterocycles. The molecule has 96 valence electrons. The van der Waals surface area contributed by atoms with Gasteiger partial charge in [0.2, 0.25) is 0 Å². The monoisotopic (exact) mass is 317 g/mol. The summed E-state index contributed by atoms with van der Waals surface area (Å²) in [6.07, 6.45) is 2.14. The van der Waals surface area contributed by atoms with Crippen LogP contribution in [0.3, 0.4) is 0 Å². The minimum Gasteiger partial charge on any atom is -0.351 e. The largest absolute Gasteiger partial charge is 0.351 e. The van der Waals surface area contributed by atoms with Crippen LogP contribution in [0.2, 0.25) is 0 Å². The molecule has 0 spiro atoms. The molecule has 1 N–H and O–H groups in total. The van der Waals surface area contributed by atoms with Gasteiger partial charge in [-0.2, -0.15) is 0 Å². The Labute approximate surface area is 116 Å². The number of halogens is 1. The van der Waals surface area contributed by atoms with Gasteiger partial charge in [-0.05, 0) is 37.3 Å². The standard InChI is InChI=1S/C13H20BrNOS/c1-4-13(5-2,8-14)9-15-12(16)11-7-6-10(3)17-11/h6-7H,4-5,8-9H2,1-3H3,(H,15,16). The highest BCUT2D eigenvalue weighted by atomic mass is 79.9. The average Bonchev–Trinajstić information content (AvgIpc) is 2.78. The van der Waals surface area contributed by atoms with Crippen molar-refractivity contribution < 1.29 is 4.79 Å². The summed E-state index contributed by atoms with van der Waals surface area (Å²) in [4.78, 5) is 13.9. The number of hydrogen-bond donors (Lipinski definition) is 1. The van der Waals surface area contributed by atoms with Crippen molar-refractivity contribution in [2.45, 2.75) is 33.6 Å². The molecule has 1 heterocycles. The minimum absolute atomic E-state index is 0.0512. The number of hydrogen-bond acceptors (Lipinski definition) is 2. The van der Waals surface area contributed by atoms with Crippen LogP contribution in [0.1, 0.15) is 41.2 Å². The van der Waals surface area contributed by atoms with Gasteiger partial charge in [0, 0.05) is 16.8 Å². The Morgan fingerprint density at radius 1 is 1.41 bits per heavy atom. The van der Waals surface area contributed by atoms with E-state index < -0.39 is 0 Å². The lowest BCUT2D eigenvalue weighted by molar-refractivity contribution is 0.0936. The van der Waals surface area contributed by atoms with E-state index in [4.69, 9.17) is 0 Å². The Bertz CT molecular complexity index is 363. The van der Waals surface area contributed by atoms with E-state index >= 15 is 0 Å². The van der Waals surface area contributed by atoms with E-state index in [1.54, 1.807) is 11.3 Å². The van der Waals surface area contributed by atoms with Gasteiger partial charge in [-0.1, -0.05) is 29.8 Å². The molecule has 0 saturated carbocycles. The van der Waals surface area contributed by atoms with E-state index in [0.717, 1.165) is 29.6 Å². The van der Waals surface area contributed by atoms with E-state index in [-0.39, 0.29) is 11.3 Å². The van der Waals surface area contributed by atoms with Gasteiger partial charge in [-0.25, -0.2) is 0 Å². The van der Waals surface area contributed by atoms with Crippen LogP contribution in [0.4, 0.5) is 0 Å². The molecule has 0 atom stereocenters. The molecule has 0 fully saturated rings. The van der Waals surface area contributed by atoms with E-state index in [1.807, 2.05) is 19.1 Å². The summed E-state index contributed by atoms with van der Waals surface area (Å²) >= 11 is 5.10. The summed E-state index contributed by atoms with van der Waals surface area (Å²) < 4.78 is 0. The van der Waals surface area contributed by atoms with Gasteiger partial charge in [0.1, 0.15) is 0 Å². The quantitative estimate of drug-likeness (QED) is 0.790. The number of carbonyl (C=O) groups is 1. The second kappa shape index (κ2) is 6.55. The highest BCUT2D eigenvalue weighted by Gasteiger charge is 2.25. The second-order valence-corrected chi connectivity index (χ2v) is 6.28. The fourth-order valence-corrected chi connectivity index (χ4v) is 3.42. The predicted octanol–water partition coefficient (Wildman–Crippen LogP) is 3.99. The van der Waals surface area contributed by atoms with Crippen molar-refractivity contribution in [3.63, 3.8) is 0 Å². The number of nitrogens with one attached hydrogen (secondary N) is 1. The first-order valence-electron chi connectivity index (χ1n) is 5.97. The maximum Gasteiger partial charge on any atom is 0.261 e. The summed E-state index contributed by atoms with van der Waals surface area (Å²) in [5.41, 5.74) is 0.183. The Balaban J connectivity index is 2.58. The van der Waals surface area contributed by atoms with E-state index in [2.05, 4.69) is 35.1 Å². The number of rotatable bonds is 6. The molecule has 17 heavy (non-hydrogen) atoms. The Hall–Kier alpha value is -0.350. The fraction of sp³-hybridized carbons (Fsp3) is 0.615. The third kappa shape index (κ3) is 3.81. The molecule has 2 nitrogen and oxygen atoms in total. The molecule has 1 amide bonds. The molecule has 0 radical (unpaired) electrons. The molecular weight excluding hydrogens is 298 g/mol. The van der Waals surface area contributed by atoms with Crippen LogP contribution in [0.25, 0.3) is 0 Å². The molecular formula is C13H20BrNOS. The molecule has 1 rings (SSSR count). The average molecular weight is 318 g/mol. The smallest absolute Gasteiger partial charge is 0.261 e. The lowest BCUT2D eigenvalue weighted by atomic mass is 9.84. The van der Waals surface area contributed by atoms with E-state index in [9.17, 15) is 4.79 Å². The second-order valence-electron chi connectivity index (χ2n) is 4.43. The van der Waals surface area contributed by atoms with Gasteiger partial charge in [-0.15, -0.1) is 11.3 Å². The minimum atomic E-state index is 0.0512. The summed E-state index contributed by atoms with van der Waals surface area (Å²) in [6.45, 7) is 7.10. The highest BCUT2D eigenvalue weighted by Crippen LogP contribution is 2.28. The van der Waals surface area contributed by atoms with Crippen molar-refractivity contribution in [2.24, 2.45) is 5.41 Å². The van der Waals surface area contributed by atoms with Crippen LogP contribution in [0, 0.1) is 12.3 Å². The van der Waals surface area contributed by atoms with Crippen molar-refractivity contribution in [1.29, 1.82) is 0 Å². The zero-order chi connectivity index (χ0) is 12.9. The van der Waals surface area contributed by atoms with Gasteiger partial charge in [0.05, 0.1) is 4.88 Å². The van der Waals surface area contributed by atoms with Crippen LogP contribution in [0.5, 0.6) is 0 Å². The summed E-state index contributed by atoms with van der Waals surface area (Å²) in [5.74, 6) is 0.0512. The fourth-order valence-electron chi connectivity index (χ4n) is 1.65. The number of thiophene rings is 1. The third-order valence-electron chi connectivity index (χ3n) is 3.37. The number of carbonyl (C=O) groups excluding carboxylic acids is 1. The summed E-state index contributed by atoms with van der Waals surface area (Å²) in [7, 11) is 0. The Kier molecular flexibility index (Phi) is 5.67. The molecule has 0 aliphatic carbocycles. The third-order valence-corrected chi connectivity index (χ3v) is 5.56. The van der Waals surface area contributed by atoms with Gasteiger partial charge in [0.25, 0.3) is 5.91 Å². The van der Waals surface area contributed by atoms with E-state index in [1.165, 1.54) is 4.88 Å². The van der Waals surface area contributed by atoms with Crippen molar-refractivity contribution in [1.82, 2.24) is 5.32 Å². The summed E-state index contributed by atoms with van der Waals surface area (Å²) in [6, 6.07) is 3.87. The zero-order valence-corrected chi connectivity index (χ0v) is 13.1. The number of alkyl halides is 1. The topological polar surface area (TPSA) is 29.1 Å². The van der Waals surface area contributed by atoms with Crippen LogP contribution >= 0.6 is 27.3 Å². The van der Waals surface area contributed by atoms with Crippen molar-refractivity contribution in [3.05, 3.63) is 21.9 Å². The van der Waals surface area contributed by atoms with E-state index in [0.29, 0.717) is 0 Å². The molecule has 0 bridgehead atoms. The van der Waals surface area contributed by atoms with Crippen molar-refractivity contribution in [3.8, 4) is 0 Å². The predicted molar refractivity (Wildman–Crippen MR) is 78.2 cm³/mol. The number of amides is 1.